The first-order valence-corrected chi connectivity index (χ1v) is 20.4. The van der Waals surface area contributed by atoms with Crippen LogP contribution in [0.15, 0.2) is 140 Å². The van der Waals surface area contributed by atoms with Gasteiger partial charge in [0.1, 0.15) is 30.8 Å². The molecule has 4 atom stereocenters. The molecule has 5 aromatic carbocycles. The van der Waals surface area contributed by atoms with Crippen LogP contribution in [0.3, 0.4) is 0 Å². The van der Waals surface area contributed by atoms with Crippen LogP contribution in [0.1, 0.15) is 47.6 Å². The summed E-state index contributed by atoms with van der Waals surface area (Å²) in [6, 6.07) is 36.8. The zero-order valence-electron chi connectivity index (χ0n) is 34.0. The fourth-order valence-corrected chi connectivity index (χ4v) is 7.94. The van der Waals surface area contributed by atoms with Crippen molar-refractivity contribution in [2.75, 3.05) is 6.61 Å². The standard InChI is InChI=1S/C49H49N5O7/c1-30(2)44(47(57)51-41(25-31-15-5-3-6-16-31)45(55)52-43(48(58)59)26-32-17-7-4-8-18-32)54-46(56)42(27-33-28-50-40-24-14-13-19-34(33)40)53-49(60)61-29-39-37-22-11-9-20-35(37)36-21-10-12-23-38(36)39/h3-24,28,30,39,41-44,50H,25-27,29H2,1-2H3,(H,51,57)(H,52,55)(H,53,60)(H,54,56)(H,58,59)/t41-,42-,43-,44-/m0/s1. The maximum absolute atomic E-state index is 14.3. The monoisotopic (exact) mass is 819 g/mol. The summed E-state index contributed by atoms with van der Waals surface area (Å²) in [5.41, 5.74) is 7.33. The molecule has 12 nitrogen and oxygen atoms in total. The van der Waals surface area contributed by atoms with Crippen molar-refractivity contribution < 1.29 is 33.8 Å². The molecule has 0 saturated heterocycles. The number of aromatic nitrogens is 1. The highest BCUT2D eigenvalue weighted by atomic mass is 16.5. The Labute approximate surface area is 354 Å². The number of nitrogens with one attached hydrogen (secondary N) is 5. The van der Waals surface area contributed by atoms with Crippen molar-refractivity contribution in [3.63, 3.8) is 0 Å². The topological polar surface area (TPSA) is 179 Å². The summed E-state index contributed by atoms with van der Waals surface area (Å²) in [7, 11) is 0. The lowest BCUT2D eigenvalue weighted by atomic mass is 9.98. The van der Waals surface area contributed by atoms with Crippen LogP contribution in [0, 0.1) is 5.92 Å². The summed E-state index contributed by atoms with van der Waals surface area (Å²) in [4.78, 5) is 71.6. The smallest absolute Gasteiger partial charge is 0.407 e. The zero-order valence-corrected chi connectivity index (χ0v) is 34.0. The Balaban J connectivity index is 1.08. The molecule has 6 N–H and O–H groups in total. The van der Waals surface area contributed by atoms with Gasteiger partial charge in [0.15, 0.2) is 0 Å². The number of para-hydroxylation sites is 1. The Kier molecular flexibility index (Phi) is 13.2. The van der Waals surface area contributed by atoms with E-state index >= 15 is 0 Å². The van der Waals surface area contributed by atoms with Crippen LogP contribution < -0.4 is 21.3 Å². The number of fused-ring (bicyclic) bond motifs is 4. The number of amides is 4. The molecule has 1 heterocycles. The zero-order chi connectivity index (χ0) is 42.9. The second-order valence-corrected chi connectivity index (χ2v) is 15.7. The molecule has 1 aromatic heterocycles. The molecule has 0 bridgehead atoms. The summed E-state index contributed by atoms with van der Waals surface area (Å²) in [5, 5.41) is 22.0. The van der Waals surface area contributed by atoms with Crippen LogP contribution in [-0.4, -0.2) is 70.6 Å². The minimum Gasteiger partial charge on any atom is -0.480 e. The van der Waals surface area contributed by atoms with Gasteiger partial charge in [0.2, 0.25) is 17.7 Å². The van der Waals surface area contributed by atoms with Gasteiger partial charge in [-0.1, -0.05) is 141 Å². The number of carbonyl (C=O) groups is 5. The molecule has 312 valence electrons. The van der Waals surface area contributed by atoms with E-state index in [9.17, 15) is 29.1 Å². The molecule has 0 aliphatic heterocycles. The fourth-order valence-electron chi connectivity index (χ4n) is 7.94. The van der Waals surface area contributed by atoms with Crippen LogP contribution in [-0.2, 0) is 43.2 Å². The van der Waals surface area contributed by atoms with Crippen molar-refractivity contribution >= 4 is 40.7 Å². The number of carboxylic acid groups (broad SMARTS) is 1. The summed E-state index contributed by atoms with van der Waals surface area (Å²) >= 11 is 0. The molecule has 12 heteroatoms. The number of ether oxygens (including phenoxy) is 1. The predicted octanol–water partition coefficient (Wildman–Crippen LogP) is 6.30. The van der Waals surface area contributed by atoms with E-state index in [0.717, 1.165) is 49.8 Å². The summed E-state index contributed by atoms with van der Waals surface area (Å²) < 4.78 is 5.84. The van der Waals surface area contributed by atoms with Gasteiger partial charge in [-0.15, -0.1) is 0 Å². The van der Waals surface area contributed by atoms with Crippen LogP contribution in [0.5, 0.6) is 0 Å². The number of hydrogen-bond acceptors (Lipinski definition) is 6. The summed E-state index contributed by atoms with van der Waals surface area (Å²) in [6.45, 7) is 3.55. The molecule has 1 aliphatic rings. The number of hydrogen-bond donors (Lipinski definition) is 6. The minimum absolute atomic E-state index is 0.0348. The summed E-state index contributed by atoms with van der Waals surface area (Å²) in [6.07, 6.45) is 1.15. The van der Waals surface area contributed by atoms with E-state index in [0.29, 0.717) is 0 Å². The number of H-pyrrole nitrogens is 1. The van der Waals surface area contributed by atoms with Crippen molar-refractivity contribution in [2.24, 2.45) is 5.92 Å². The van der Waals surface area contributed by atoms with Crippen molar-refractivity contribution in [1.82, 2.24) is 26.3 Å². The highest BCUT2D eigenvalue weighted by molar-refractivity contribution is 5.95. The number of benzene rings is 5. The number of rotatable bonds is 17. The average Bonchev–Trinajstić information content (AvgIpc) is 3.83. The van der Waals surface area contributed by atoms with Gasteiger partial charge in [0, 0.05) is 42.3 Å². The van der Waals surface area contributed by atoms with Gasteiger partial charge in [0.05, 0.1) is 0 Å². The van der Waals surface area contributed by atoms with Crippen molar-refractivity contribution in [3.05, 3.63) is 167 Å². The lowest BCUT2D eigenvalue weighted by Crippen LogP contribution is -2.59. The Bertz CT molecular complexity index is 2460. The molecule has 0 unspecified atom stereocenters. The Morgan fingerprint density at radius 2 is 1.10 bits per heavy atom. The number of carbonyl (C=O) groups excluding carboxylic acids is 4. The van der Waals surface area contributed by atoms with Crippen LogP contribution in [0.25, 0.3) is 22.0 Å². The molecule has 0 fully saturated rings. The molecule has 0 saturated carbocycles. The van der Waals surface area contributed by atoms with Crippen LogP contribution in [0.4, 0.5) is 4.79 Å². The Hall–Kier alpha value is -7.21. The molecular weight excluding hydrogens is 771 g/mol. The SMILES string of the molecule is CC(C)[C@H](NC(=O)[C@H](Cc1c[nH]c2ccccc12)NC(=O)OCC1c2ccccc2-c2ccccc21)C(=O)N[C@@H](Cc1ccccc1)C(=O)N[C@@H](Cc1ccccc1)C(=O)O. The maximum atomic E-state index is 14.3. The van der Waals surface area contributed by atoms with Crippen molar-refractivity contribution in [2.45, 2.75) is 63.2 Å². The third-order valence-electron chi connectivity index (χ3n) is 11.1. The number of aliphatic carboxylic acids is 1. The van der Waals surface area contributed by atoms with Gasteiger partial charge >= 0.3 is 12.1 Å². The molecule has 0 radical (unpaired) electrons. The van der Waals surface area contributed by atoms with E-state index in [1.165, 1.54) is 0 Å². The second-order valence-electron chi connectivity index (χ2n) is 15.7. The van der Waals surface area contributed by atoms with Gasteiger partial charge < -0.3 is 36.1 Å². The first kappa shape index (κ1) is 41.9. The van der Waals surface area contributed by atoms with Crippen molar-refractivity contribution in [3.8, 4) is 11.1 Å². The number of alkyl carbamates (subject to hydrolysis) is 1. The highest BCUT2D eigenvalue weighted by Crippen LogP contribution is 2.44. The first-order valence-electron chi connectivity index (χ1n) is 20.4. The lowest BCUT2D eigenvalue weighted by molar-refractivity contribution is -0.142. The largest absolute Gasteiger partial charge is 0.480 e. The molecule has 61 heavy (non-hydrogen) atoms. The average molecular weight is 820 g/mol. The Morgan fingerprint density at radius 3 is 1.70 bits per heavy atom. The van der Waals surface area contributed by atoms with Crippen molar-refractivity contribution in [1.29, 1.82) is 0 Å². The van der Waals surface area contributed by atoms with Gasteiger partial charge in [0.25, 0.3) is 0 Å². The molecule has 0 spiro atoms. The molecule has 7 rings (SSSR count). The molecule has 4 amide bonds. The van der Waals surface area contributed by atoms with Crippen LogP contribution >= 0.6 is 0 Å². The first-order chi connectivity index (χ1) is 29.5. The van der Waals surface area contributed by atoms with Crippen LogP contribution in [0.2, 0.25) is 0 Å². The van der Waals surface area contributed by atoms with Gasteiger partial charge in [-0.2, -0.15) is 0 Å². The van der Waals surface area contributed by atoms with E-state index in [-0.39, 0.29) is 31.8 Å². The van der Waals surface area contributed by atoms with E-state index < -0.39 is 59.9 Å². The highest BCUT2D eigenvalue weighted by Gasteiger charge is 2.34. The third kappa shape index (κ3) is 10.2. The molecular formula is C49H49N5O7. The predicted molar refractivity (Wildman–Crippen MR) is 233 cm³/mol. The molecule has 6 aromatic rings. The fraction of sp³-hybridized carbons (Fsp3) is 0.245. The van der Waals surface area contributed by atoms with Gasteiger partial charge in [-0.25, -0.2) is 9.59 Å². The second kappa shape index (κ2) is 19.2. The van der Waals surface area contributed by atoms with E-state index in [1.807, 2.05) is 84.9 Å². The Morgan fingerprint density at radius 1 is 0.590 bits per heavy atom. The van der Waals surface area contributed by atoms with E-state index in [2.05, 4.69) is 26.3 Å². The maximum Gasteiger partial charge on any atom is 0.407 e. The lowest BCUT2D eigenvalue weighted by Gasteiger charge is -2.28. The molecule has 1 aliphatic carbocycles. The third-order valence-corrected chi connectivity index (χ3v) is 11.1. The van der Waals surface area contributed by atoms with Gasteiger partial charge in [-0.3, -0.25) is 14.4 Å². The number of aromatic amines is 1. The van der Waals surface area contributed by atoms with E-state index in [1.54, 1.807) is 68.6 Å². The van der Waals surface area contributed by atoms with E-state index in [4.69, 9.17) is 4.74 Å². The van der Waals surface area contributed by atoms with Gasteiger partial charge in [-0.05, 0) is 50.9 Å². The summed E-state index contributed by atoms with van der Waals surface area (Å²) in [5.74, 6) is -3.86. The quantitative estimate of drug-likeness (QED) is 0.0626. The normalized spacial score (nSPS) is 13.9. The number of carboxylic acids is 1. The minimum atomic E-state index is -1.26.